The highest BCUT2D eigenvalue weighted by molar-refractivity contribution is 5.91. The maximum Gasteiger partial charge on any atom is 0.362 e. The number of methoxy groups -OCH3 is 2. The molecular weight excluding hydrogens is 466 g/mol. The number of alkyl halides is 2. The molecule has 0 bridgehead atoms. The van der Waals surface area contributed by atoms with Crippen LogP contribution in [0, 0.1) is 0 Å². The Kier molecular flexibility index (Phi) is 9.18. The van der Waals surface area contributed by atoms with E-state index in [-0.39, 0.29) is 35.3 Å². The fourth-order valence-electron chi connectivity index (χ4n) is 4.07. The van der Waals surface area contributed by atoms with Gasteiger partial charge in [-0.15, -0.1) is 5.48 Å². The summed E-state index contributed by atoms with van der Waals surface area (Å²) in [5, 5.41) is 0. The number of aromatic nitrogens is 1. The monoisotopic (exact) mass is 494 g/mol. The van der Waals surface area contributed by atoms with Crippen molar-refractivity contribution in [1.29, 1.82) is 0 Å². The van der Waals surface area contributed by atoms with E-state index in [4.69, 9.17) is 23.8 Å². The quantitative estimate of drug-likeness (QED) is 0.391. The van der Waals surface area contributed by atoms with Gasteiger partial charge in [-0.1, -0.05) is 6.07 Å². The number of nitrogens with one attached hydrogen (secondary N) is 1. The lowest BCUT2D eigenvalue weighted by atomic mass is 9.79. The minimum absolute atomic E-state index is 0.130. The number of carbonyl (C=O) groups is 2. The fourth-order valence-corrected chi connectivity index (χ4v) is 4.07. The van der Waals surface area contributed by atoms with Crippen molar-refractivity contribution in [3.63, 3.8) is 0 Å². The first-order valence-electron chi connectivity index (χ1n) is 11.0. The molecule has 1 N–H and O–H groups in total. The smallest absolute Gasteiger partial charge is 0.362 e. The Bertz CT molecular complexity index is 1020. The highest BCUT2D eigenvalue weighted by Crippen LogP contribution is 2.39. The normalized spacial score (nSPS) is 19.7. The second-order valence-corrected chi connectivity index (χ2v) is 7.94. The summed E-state index contributed by atoms with van der Waals surface area (Å²) in [6, 6.07) is 7.77. The Morgan fingerprint density at radius 2 is 1.94 bits per heavy atom. The molecule has 1 saturated carbocycles. The molecule has 0 spiro atoms. The van der Waals surface area contributed by atoms with Crippen LogP contribution < -0.4 is 19.7 Å². The maximum absolute atomic E-state index is 12.7. The molecule has 3 atom stereocenters. The highest BCUT2D eigenvalue weighted by atomic mass is 19.3. The van der Waals surface area contributed by atoms with Crippen molar-refractivity contribution in [1.82, 2.24) is 10.5 Å². The third-order valence-corrected chi connectivity index (χ3v) is 5.60. The summed E-state index contributed by atoms with van der Waals surface area (Å²) < 4.78 is 46.5. The van der Waals surface area contributed by atoms with E-state index >= 15 is 0 Å². The number of esters is 1. The lowest BCUT2D eigenvalue weighted by Gasteiger charge is -2.36. The minimum Gasteiger partial charge on any atom is -0.493 e. The average molecular weight is 494 g/mol. The summed E-state index contributed by atoms with van der Waals surface area (Å²) in [5.41, 5.74) is 3.70. The number of hydrogen-bond donors (Lipinski definition) is 1. The van der Waals surface area contributed by atoms with Gasteiger partial charge in [-0.3, -0.25) is 4.79 Å². The van der Waals surface area contributed by atoms with E-state index in [9.17, 15) is 18.4 Å². The summed E-state index contributed by atoms with van der Waals surface area (Å²) in [6.07, 6.45) is -0.0220. The van der Waals surface area contributed by atoms with E-state index < -0.39 is 25.0 Å². The first-order valence-corrected chi connectivity index (χ1v) is 11.0. The molecule has 1 aromatic carbocycles. The summed E-state index contributed by atoms with van der Waals surface area (Å²) in [6.45, 7) is 0.554. The maximum atomic E-state index is 12.7. The molecule has 11 heteroatoms. The second kappa shape index (κ2) is 12.3. The van der Waals surface area contributed by atoms with Gasteiger partial charge in [0.15, 0.2) is 11.5 Å². The van der Waals surface area contributed by atoms with Crippen LogP contribution in [-0.4, -0.2) is 56.3 Å². The third kappa shape index (κ3) is 7.01. The first kappa shape index (κ1) is 26.1. The standard InChI is InChI=1S/C24H28F2N2O7/c1-14(29)34-16-7-8-19(28-35-24(30)17-5-4-10-27-23(17)32-3)18(12-16)15-6-9-20(31-2)21(11-15)33-13-22(25)26/h4-6,9-11,16,18-19,22,28H,7-8,12-13H2,1-3H3. The van der Waals surface area contributed by atoms with E-state index in [2.05, 4.69) is 10.5 Å². The fraction of sp³-hybridized carbons (Fsp3) is 0.458. The van der Waals surface area contributed by atoms with Gasteiger partial charge in [-0.05, 0) is 49.1 Å². The van der Waals surface area contributed by atoms with Gasteiger partial charge >= 0.3 is 11.9 Å². The van der Waals surface area contributed by atoms with Crippen molar-refractivity contribution in [2.24, 2.45) is 0 Å². The van der Waals surface area contributed by atoms with Gasteiger partial charge in [0.2, 0.25) is 5.88 Å². The van der Waals surface area contributed by atoms with Crippen LogP contribution in [0.5, 0.6) is 17.4 Å². The van der Waals surface area contributed by atoms with Crippen molar-refractivity contribution in [2.75, 3.05) is 20.8 Å². The van der Waals surface area contributed by atoms with Gasteiger partial charge in [-0.25, -0.2) is 18.6 Å². The Balaban J connectivity index is 1.82. The number of benzene rings is 1. The zero-order chi connectivity index (χ0) is 25.4. The Hall–Kier alpha value is -3.47. The molecule has 9 nitrogen and oxygen atoms in total. The van der Waals surface area contributed by atoms with Crippen LogP contribution in [0.15, 0.2) is 36.5 Å². The van der Waals surface area contributed by atoms with Gasteiger partial charge in [0.05, 0.1) is 20.3 Å². The number of rotatable bonds is 10. The highest BCUT2D eigenvalue weighted by Gasteiger charge is 2.35. The molecule has 1 aliphatic carbocycles. The van der Waals surface area contributed by atoms with Crippen LogP contribution in [0.4, 0.5) is 8.78 Å². The molecule has 0 saturated heterocycles. The number of hydroxylamine groups is 1. The van der Waals surface area contributed by atoms with E-state index in [1.54, 1.807) is 24.3 Å². The van der Waals surface area contributed by atoms with Crippen LogP contribution in [0.3, 0.4) is 0 Å². The topological polar surface area (TPSA) is 105 Å². The summed E-state index contributed by atoms with van der Waals surface area (Å²) in [4.78, 5) is 33.5. The number of hydrogen-bond acceptors (Lipinski definition) is 9. The first-order chi connectivity index (χ1) is 16.8. The molecule has 1 fully saturated rings. The van der Waals surface area contributed by atoms with E-state index in [1.165, 1.54) is 33.4 Å². The number of carbonyl (C=O) groups excluding carboxylic acids is 2. The van der Waals surface area contributed by atoms with Crippen LogP contribution in [-0.2, 0) is 14.4 Å². The van der Waals surface area contributed by atoms with Crippen molar-refractivity contribution in [2.45, 2.75) is 50.7 Å². The number of ether oxygens (including phenoxy) is 4. The third-order valence-electron chi connectivity index (χ3n) is 5.60. The van der Waals surface area contributed by atoms with E-state index in [1.807, 2.05) is 0 Å². The number of pyridine rings is 1. The number of nitrogens with zero attached hydrogens (tertiary/aromatic N) is 1. The largest absolute Gasteiger partial charge is 0.493 e. The van der Waals surface area contributed by atoms with Gasteiger partial charge in [0, 0.05) is 19.0 Å². The van der Waals surface area contributed by atoms with Gasteiger partial charge in [0.1, 0.15) is 18.3 Å². The molecular formula is C24H28F2N2O7. The lowest BCUT2D eigenvalue weighted by molar-refractivity contribution is -0.148. The van der Waals surface area contributed by atoms with Crippen molar-refractivity contribution >= 4 is 11.9 Å². The van der Waals surface area contributed by atoms with Crippen LogP contribution in [0.2, 0.25) is 0 Å². The molecule has 1 aromatic heterocycles. The molecule has 1 aliphatic rings. The summed E-state index contributed by atoms with van der Waals surface area (Å²) >= 11 is 0. The zero-order valence-corrected chi connectivity index (χ0v) is 19.7. The lowest BCUT2D eigenvalue weighted by Crippen LogP contribution is -2.42. The van der Waals surface area contributed by atoms with Gasteiger partial charge in [0.25, 0.3) is 6.43 Å². The summed E-state index contributed by atoms with van der Waals surface area (Å²) in [5.74, 6) is -0.767. The van der Waals surface area contributed by atoms with Crippen LogP contribution in [0.1, 0.15) is 48.0 Å². The Morgan fingerprint density at radius 3 is 2.63 bits per heavy atom. The number of halogens is 2. The predicted octanol–water partition coefficient (Wildman–Crippen LogP) is 3.67. The molecule has 0 radical (unpaired) electrons. The Morgan fingerprint density at radius 1 is 1.14 bits per heavy atom. The van der Waals surface area contributed by atoms with Crippen molar-refractivity contribution in [3.8, 4) is 17.4 Å². The van der Waals surface area contributed by atoms with Crippen LogP contribution >= 0.6 is 0 Å². The zero-order valence-electron chi connectivity index (χ0n) is 19.7. The SMILES string of the molecule is COc1ccc(C2CC(OC(C)=O)CCC2NOC(=O)c2cccnc2OC)cc1OCC(F)F. The van der Waals surface area contributed by atoms with E-state index in [0.29, 0.717) is 25.0 Å². The molecule has 1 heterocycles. The van der Waals surface area contributed by atoms with Crippen molar-refractivity contribution < 1.29 is 42.2 Å². The molecule has 0 aliphatic heterocycles. The van der Waals surface area contributed by atoms with Gasteiger partial charge in [-0.2, -0.15) is 0 Å². The molecule has 2 aromatic rings. The van der Waals surface area contributed by atoms with E-state index in [0.717, 1.165) is 5.56 Å². The summed E-state index contributed by atoms with van der Waals surface area (Å²) in [7, 11) is 2.81. The molecule has 190 valence electrons. The Labute approximate surface area is 201 Å². The van der Waals surface area contributed by atoms with Crippen molar-refractivity contribution in [3.05, 3.63) is 47.7 Å². The second-order valence-electron chi connectivity index (χ2n) is 7.94. The molecule has 0 amide bonds. The predicted molar refractivity (Wildman–Crippen MR) is 120 cm³/mol. The van der Waals surface area contributed by atoms with Crippen LogP contribution in [0.25, 0.3) is 0 Å². The molecule has 3 unspecified atom stereocenters. The molecule has 35 heavy (non-hydrogen) atoms. The van der Waals surface area contributed by atoms with Gasteiger partial charge < -0.3 is 23.8 Å². The average Bonchev–Trinajstić information content (AvgIpc) is 2.85. The minimum atomic E-state index is -2.65. The molecule has 3 rings (SSSR count).